The molecule has 0 aromatic heterocycles. The van der Waals surface area contributed by atoms with E-state index in [-0.39, 0.29) is 6.29 Å². The fourth-order valence-corrected chi connectivity index (χ4v) is 1.51. The summed E-state index contributed by atoms with van der Waals surface area (Å²) in [4.78, 5) is 4.26. The highest BCUT2D eigenvalue weighted by molar-refractivity contribution is 4.51. The van der Waals surface area contributed by atoms with Crippen molar-refractivity contribution >= 4 is 0 Å². The second-order valence-corrected chi connectivity index (χ2v) is 5.27. The van der Waals surface area contributed by atoms with Gasteiger partial charge in [0.25, 0.3) is 0 Å². The fraction of sp³-hybridized carbons (Fsp3) is 1.00. The van der Waals surface area contributed by atoms with E-state index in [1.54, 1.807) is 0 Å². The van der Waals surface area contributed by atoms with Crippen LogP contribution in [0.1, 0.15) is 32.6 Å². The lowest BCUT2D eigenvalue weighted by Crippen LogP contribution is -2.27. The Hall–Kier alpha value is -0.160. The van der Waals surface area contributed by atoms with Crippen LogP contribution >= 0.6 is 0 Å². The first-order valence-electron chi connectivity index (χ1n) is 7.09. The Balaban J connectivity index is 3.76. The molecule has 0 N–H and O–H groups in total. The highest BCUT2D eigenvalue weighted by atomic mass is 16.7. The van der Waals surface area contributed by atoms with Crippen LogP contribution in [0.4, 0.5) is 0 Å². The first-order chi connectivity index (χ1) is 8.56. The van der Waals surface area contributed by atoms with Gasteiger partial charge in [-0.1, -0.05) is 19.8 Å². The molecule has 0 fully saturated rings. The lowest BCUT2D eigenvalue weighted by atomic mass is 10.2. The molecular weight excluding hydrogens is 228 g/mol. The molecule has 110 valence electrons. The number of hydrogen-bond donors (Lipinski definition) is 0. The summed E-state index contributed by atoms with van der Waals surface area (Å²) in [7, 11) is 8.23. The quantitative estimate of drug-likeness (QED) is 0.396. The molecule has 18 heavy (non-hydrogen) atoms. The van der Waals surface area contributed by atoms with Gasteiger partial charge < -0.3 is 19.3 Å². The molecule has 0 bridgehead atoms. The zero-order valence-corrected chi connectivity index (χ0v) is 12.9. The van der Waals surface area contributed by atoms with Crippen LogP contribution in [0.25, 0.3) is 0 Å². The largest absolute Gasteiger partial charge is 0.351 e. The first-order valence-corrected chi connectivity index (χ1v) is 7.09. The molecule has 0 amide bonds. The molecule has 0 radical (unpaired) electrons. The molecule has 0 saturated carbocycles. The number of ether oxygens (including phenoxy) is 2. The average Bonchev–Trinajstić information content (AvgIpc) is 2.27. The molecule has 0 aliphatic heterocycles. The highest BCUT2D eigenvalue weighted by Crippen LogP contribution is 2.08. The lowest BCUT2D eigenvalue weighted by Gasteiger charge is -2.21. The minimum absolute atomic E-state index is 0.0311. The van der Waals surface area contributed by atoms with E-state index in [4.69, 9.17) is 9.47 Å². The average molecular weight is 260 g/mol. The van der Waals surface area contributed by atoms with E-state index in [0.29, 0.717) is 0 Å². The third-order valence-corrected chi connectivity index (χ3v) is 2.73. The van der Waals surface area contributed by atoms with Crippen LogP contribution in [-0.2, 0) is 9.47 Å². The summed E-state index contributed by atoms with van der Waals surface area (Å²) in [5.74, 6) is 0. The van der Waals surface area contributed by atoms with Gasteiger partial charge >= 0.3 is 0 Å². The van der Waals surface area contributed by atoms with Crippen LogP contribution in [0.2, 0.25) is 0 Å². The smallest absolute Gasteiger partial charge is 0.157 e. The van der Waals surface area contributed by atoms with E-state index >= 15 is 0 Å². The van der Waals surface area contributed by atoms with Gasteiger partial charge in [-0.15, -0.1) is 0 Å². The zero-order chi connectivity index (χ0) is 13.8. The number of likely N-dealkylation sites (N-methyl/N-ethyl adjacent to an activating group) is 2. The van der Waals surface area contributed by atoms with Gasteiger partial charge in [0.1, 0.15) is 0 Å². The van der Waals surface area contributed by atoms with Crippen molar-refractivity contribution in [3.8, 4) is 0 Å². The van der Waals surface area contributed by atoms with Crippen molar-refractivity contribution in [3.05, 3.63) is 0 Å². The molecule has 0 saturated heterocycles. The predicted octanol–water partition coefficient (Wildman–Crippen LogP) is 2.05. The van der Waals surface area contributed by atoms with Gasteiger partial charge in [-0.3, -0.25) is 0 Å². The van der Waals surface area contributed by atoms with Crippen molar-refractivity contribution in [3.63, 3.8) is 0 Å². The summed E-state index contributed by atoms with van der Waals surface area (Å²) >= 11 is 0. The second kappa shape index (κ2) is 11.9. The molecule has 0 heterocycles. The molecule has 4 nitrogen and oxygen atoms in total. The highest BCUT2D eigenvalue weighted by Gasteiger charge is 2.09. The summed E-state index contributed by atoms with van der Waals surface area (Å²) < 4.78 is 11.6. The Kier molecular flexibility index (Phi) is 11.8. The van der Waals surface area contributed by atoms with Gasteiger partial charge in [-0.05, 0) is 41.0 Å². The first kappa shape index (κ1) is 17.8. The Morgan fingerprint density at radius 2 is 1.33 bits per heavy atom. The Labute approximate surface area is 113 Å². The number of unbranched alkanes of at least 4 members (excludes halogenated alkanes) is 2. The molecule has 0 aromatic carbocycles. The van der Waals surface area contributed by atoms with E-state index < -0.39 is 0 Å². The van der Waals surface area contributed by atoms with E-state index in [1.165, 1.54) is 19.3 Å². The Morgan fingerprint density at radius 3 is 1.72 bits per heavy atom. The number of nitrogens with zero attached hydrogens (tertiary/aromatic N) is 2. The summed E-state index contributed by atoms with van der Waals surface area (Å²) in [5, 5.41) is 0. The maximum atomic E-state index is 5.80. The maximum absolute atomic E-state index is 5.80. The third kappa shape index (κ3) is 12.3. The van der Waals surface area contributed by atoms with Crippen LogP contribution in [0.5, 0.6) is 0 Å². The van der Waals surface area contributed by atoms with Gasteiger partial charge in [0.15, 0.2) is 6.29 Å². The monoisotopic (exact) mass is 260 g/mol. The minimum Gasteiger partial charge on any atom is -0.351 e. The third-order valence-electron chi connectivity index (χ3n) is 2.73. The SMILES string of the molecule is CCCCCC(OCCN(C)C)OCCN(C)C. The predicted molar refractivity (Wildman–Crippen MR) is 76.9 cm³/mol. The van der Waals surface area contributed by atoms with Crippen LogP contribution < -0.4 is 0 Å². The fourth-order valence-electron chi connectivity index (χ4n) is 1.51. The second-order valence-electron chi connectivity index (χ2n) is 5.27. The van der Waals surface area contributed by atoms with Crippen LogP contribution in [-0.4, -0.2) is 70.6 Å². The molecule has 0 aliphatic rings. The lowest BCUT2D eigenvalue weighted by molar-refractivity contribution is -0.149. The molecule has 0 rings (SSSR count). The summed E-state index contributed by atoms with van der Waals surface area (Å²) in [6, 6.07) is 0. The zero-order valence-electron chi connectivity index (χ0n) is 12.9. The van der Waals surface area contributed by atoms with Crippen LogP contribution in [0.3, 0.4) is 0 Å². The molecule has 0 spiro atoms. The van der Waals surface area contributed by atoms with Gasteiger partial charge in [-0.2, -0.15) is 0 Å². The topological polar surface area (TPSA) is 24.9 Å². The van der Waals surface area contributed by atoms with Crippen LogP contribution in [0.15, 0.2) is 0 Å². The van der Waals surface area contributed by atoms with Crippen molar-refractivity contribution in [2.24, 2.45) is 0 Å². The van der Waals surface area contributed by atoms with Crippen molar-refractivity contribution in [2.45, 2.75) is 38.9 Å². The van der Waals surface area contributed by atoms with Crippen molar-refractivity contribution in [1.82, 2.24) is 9.80 Å². The molecular formula is C14H32N2O2. The van der Waals surface area contributed by atoms with Crippen molar-refractivity contribution in [2.75, 3.05) is 54.5 Å². The minimum atomic E-state index is -0.0311. The van der Waals surface area contributed by atoms with Gasteiger partial charge in [0, 0.05) is 13.1 Å². The molecule has 0 aliphatic carbocycles. The summed E-state index contributed by atoms with van der Waals surface area (Å²) in [6.07, 6.45) is 4.66. The number of rotatable bonds is 12. The Bertz CT molecular complexity index is 161. The molecule has 0 unspecified atom stereocenters. The van der Waals surface area contributed by atoms with Crippen LogP contribution in [0, 0.1) is 0 Å². The Morgan fingerprint density at radius 1 is 0.833 bits per heavy atom. The van der Waals surface area contributed by atoms with Gasteiger partial charge in [-0.25, -0.2) is 0 Å². The van der Waals surface area contributed by atoms with Crippen molar-refractivity contribution < 1.29 is 9.47 Å². The number of hydrogen-bond acceptors (Lipinski definition) is 4. The van der Waals surface area contributed by atoms with E-state index in [0.717, 1.165) is 32.7 Å². The van der Waals surface area contributed by atoms with Gasteiger partial charge in [0.2, 0.25) is 0 Å². The molecule has 0 aromatic rings. The summed E-state index contributed by atoms with van der Waals surface area (Å²) in [6.45, 7) is 5.59. The van der Waals surface area contributed by atoms with Crippen molar-refractivity contribution in [1.29, 1.82) is 0 Å². The maximum Gasteiger partial charge on any atom is 0.157 e. The standard InChI is InChI=1S/C14H32N2O2/c1-6-7-8-9-14(17-12-10-15(2)3)18-13-11-16(4)5/h14H,6-13H2,1-5H3. The molecule has 4 heteroatoms. The summed E-state index contributed by atoms with van der Waals surface area (Å²) in [5.41, 5.74) is 0. The van der Waals surface area contributed by atoms with Gasteiger partial charge in [0.05, 0.1) is 13.2 Å². The normalized spacial score (nSPS) is 12.0. The van der Waals surface area contributed by atoms with E-state index in [2.05, 4.69) is 44.9 Å². The van der Waals surface area contributed by atoms with E-state index in [1.807, 2.05) is 0 Å². The molecule has 0 atom stereocenters. The van der Waals surface area contributed by atoms with E-state index in [9.17, 15) is 0 Å².